The van der Waals surface area contributed by atoms with Gasteiger partial charge in [0.05, 0.1) is 12.7 Å². The number of imide groups is 1. The molecule has 3 amide bonds. The molecule has 11 heteroatoms. The minimum absolute atomic E-state index is 0.0186. The van der Waals surface area contributed by atoms with Crippen LogP contribution in [0.2, 0.25) is 0 Å². The maximum Gasteiger partial charge on any atom is 0.338 e. The van der Waals surface area contributed by atoms with Crippen molar-refractivity contribution in [1.29, 1.82) is 0 Å². The van der Waals surface area contributed by atoms with E-state index in [2.05, 4.69) is 10.0 Å². The van der Waals surface area contributed by atoms with Crippen LogP contribution in [0.3, 0.4) is 0 Å². The Kier molecular flexibility index (Phi) is 7.97. The molecule has 0 aliphatic rings. The Balaban J connectivity index is 2.17. The third-order valence-corrected chi connectivity index (χ3v) is 5.32. The van der Waals surface area contributed by atoms with Crippen LogP contribution in [0.15, 0.2) is 47.4 Å². The van der Waals surface area contributed by atoms with Gasteiger partial charge in [0, 0.05) is 12.2 Å². The van der Waals surface area contributed by atoms with Gasteiger partial charge in [-0.1, -0.05) is 17.7 Å². The Morgan fingerprint density at radius 3 is 2.32 bits per heavy atom. The number of amides is 3. The van der Waals surface area contributed by atoms with E-state index in [1.54, 1.807) is 31.2 Å². The van der Waals surface area contributed by atoms with Gasteiger partial charge in [0.25, 0.3) is 15.9 Å². The van der Waals surface area contributed by atoms with E-state index < -0.39 is 34.5 Å². The van der Waals surface area contributed by atoms with Crippen LogP contribution in [-0.4, -0.2) is 46.6 Å². The van der Waals surface area contributed by atoms with Crippen molar-refractivity contribution in [3.63, 3.8) is 0 Å². The average molecular weight is 449 g/mol. The molecule has 2 rings (SSSR count). The number of ether oxygens (including phenoxy) is 2. The van der Waals surface area contributed by atoms with E-state index in [4.69, 9.17) is 9.47 Å². The van der Waals surface area contributed by atoms with Gasteiger partial charge in [0.1, 0.15) is 10.6 Å². The largest absolute Gasteiger partial charge is 0.495 e. The second-order valence-corrected chi connectivity index (χ2v) is 7.97. The number of aryl methyl sites for hydroxylation is 1. The van der Waals surface area contributed by atoms with Crippen molar-refractivity contribution in [3.8, 4) is 5.75 Å². The molecular weight excluding hydrogens is 426 g/mol. The molecule has 0 unspecified atom stereocenters. The van der Waals surface area contributed by atoms with Crippen LogP contribution in [0.25, 0.3) is 0 Å². The van der Waals surface area contributed by atoms with E-state index in [0.717, 1.165) is 11.6 Å². The molecule has 31 heavy (non-hydrogen) atoms. The minimum Gasteiger partial charge on any atom is -0.495 e. The zero-order valence-corrected chi connectivity index (χ0v) is 18.0. The first kappa shape index (κ1) is 23.7. The van der Waals surface area contributed by atoms with Gasteiger partial charge >= 0.3 is 12.0 Å². The van der Waals surface area contributed by atoms with Gasteiger partial charge in [0.2, 0.25) is 0 Å². The molecule has 0 saturated carbocycles. The lowest BCUT2D eigenvalue weighted by atomic mass is 10.2. The number of nitrogens with one attached hydrogen (secondary N) is 3. The van der Waals surface area contributed by atoms with Crippen LogP contribution >= 0.6 is 0 Å². The number of carbonyl (C=O) groups is 3. The number of benzene rings is 2. The minimum atomic E-state index is -4.09. The number of sulfonamides is 1. The van der Waals surface area contributed by atoms with Crippen molar-refractivity contribution >= 4 is 33.6 Å². The van der Waals surface area contributed by atoms with E-state index >= 15 is 0 Å². The van der Waals surface area contributed by atoms with Crippen LogP contribution in [-0.2, 0) is 19.6 Å². The van der Waals surface area contributed by atoms with Crippen molar-refractivity contribution in [1.82, 2.24) is 10.6 Å². The summed E-state index contributed by atoms with van der Waals surface area (Å²) < 4.78 is 38.1. The van der Waals surface area contributed by atoms with E-state index in [1.807, 2.05) is 12.2 Å². The predicted molar refractivity (Wildman–Crippen MR) is 112 cm³/mol. The van der Waals surface area contributed by atoms with Gasteiger partial charge in [-0.3, -0.25) is 14.8 Å². The van der Waals surface area contributed by atoms with E-state index in [1.165, 1.54) is 19.2 Å². The van der Waals surface area contributed by atoms with Crippen LogP contribution in [0, 0.1) is 6.92 Å². The second-order valence-electron chi connectivity index (χ2n) is 6.32. The van der Waals surface area contributed by atoms with Crippen molar-refractivity contribution in [2.45, 2.75) is 18.7 Å². The van der Waals surface area contributed by atoms with E-state index in [0.29, 0.717) is 12.2 Å². The van der Waals surface area contributed by atoms with Gasteiger partial charge in [0.15, 0.2) is 6.61 Å². The van der Waals surface area contributed by atoms with Crippen LogP contribution in [0.1, 0.15) is 22.8 Å². The molecule has 0 aromatic heterocycles. The molecule has 10 nitrogen and oxygen atoms in total. The van der Waals surface area contributed by atoms with Crippen molar-refractivity contribution in [3.05, 3.63) is 53.6 Å². The molecule has 0 heterocycles. The third-order valence-electron chi connectivity index (χ3n) is 3.92. The molecule has 0 bridgehead atoms. The predicted octanol–water partition coefficient (Wildman–Crippen LogP) is 1.81. The van der Waals surface area contributed by atoms with Crippen LogP contribution in [0.4, 0.5) is 10.5 Å². The van der Waals surface area contributed by atoms with Gasteiger partial charge in [-0.15, -0.1) is 0 Å². The molecule has 0 saturated heterocycles. The fourth-order valence-corrected chi connectivity index (χ4v) is 3.68. The van der Waals surface area contributed by atoms with Crippen molar-refractivity contribution < 1.29 is 32.3 Å². The van der Waals surface area contributed by atoms with Crippen LogP contribution < -0.4 is 20.1 Å². The summed E-state index contributed by atoms with van der Waals surface area (Å²) >= 11 is 0. The average Bonchev–Trinajstić information content (AvgIpc) is 2.73. The van der Waals surface area contributed by atoms with Gasteiger partial charge < -0.3 is 14.8 Å². The topological polar surface area (TPSA) is 140 Å². The van der Waals surface area contributed by atoms with Crippen molar-refractivity contribution in [2.24, 2.45) is 0 Å². The molecule has 0 atom stereocenters. The first-order valence-electron chi connectivity index (χ1n) is 9.18. The summed E-state index contributed by atoms with van der Waals surface area (Å²) in [6.07, 6.45) is 0. The molecule has 166 valence electrons. The van der Waals surface area contributed by atoms with E-state index in [9.17, 15) is 22.8 Å². The molecule has 2 aromatic carbocycles. The normalized spacial score (nSPS) is 10.7. The number of hydrogen-bond acceptors (Lipinski definition) is 7. The standard InChI is InChI=1S/C20H23N3O7S/c1-4-21-20(26)22-18(24)12-30-19(25)14-7-10-16(29-3)17(11-14)31(27,28)23-15-8-5-13(2)6-9-15/h5-11,23H,4,12H2,1-3H3,(H2,21,22,24,26). The fraction of sp³-hybridized carbons (Fsp3) is 0.250. The molecule has 0 aliphatic carbocycles. The van der Waals surface area contributed by atoms with Crippen molar-refractivity contribution in [2.75, 3.05) is 25.0 Å². The Hall–Kier alpha value is -3.60. The third kappa shape index (κ3) is 6.71. The number of hydrogen-bond donors (Lipinski definition) is 3. The number of urea groups is 1. The monoisotopic (exact) mass is 449 g/mol. The molecule has 0 fully saturated rings. The first-order chi connectivity index (χ1) is 14.7. The molecular formula is C20H23N3O7S. The highest BCUT2D eigenvalue weighted by Crippen LogP contribution is 2.27. The highest BCUT2D eigenvalue weighted by atomic mass is 32.2. The summed E-state index contributed by atoms with van der Waals surface area (Å²) in [6, 6.07) is 9.66. The van der Waals surface area contributed by atoms with Crippen LogP contribution in [0.5, 0.6) is 5.75 Å². The Labute approximate surface area is 180 Å². The summed E-state index contributed by atoms with van der Waals surface area (Å²) in [4.78, 5) is 34.9. The highest BCUT2D eigenvalue weighted by Gasteiger charge is 2.23. The molecule has 3 N–H and O–H groups in total. The maximum atomic E-state index is 12.8. The summed E-state index contributed by atoms with van der Waals surface area (Å²) in [7, 11) is -2.80. The first-order valence-corrected chi connectivity index (χ1v) is 10.7. The smallest absolute Gasteiger partial charge is 0.338 e. The Bertz CT molecular complexity index is 1070. The zero-order valence-electron chi connectivity index (χ0n) is 17.2. The summed E-state index contributed by atoms with van der Waals surface area (Å²) in [5, 5.41) is 4.34. The van der Waals surface area contributed by atoms with E-state index in [-0.39, 0.29) is 16.2 Å². The Morgan fingerprint density at radius 2 is 1.71 bits per heavy atom. The second kappa shape index (κ2) is 10.4. The summed E-state index contributed by atoms with van der Waals surface area (Å²) in [6.45, 7) is 3.14. The molecule has 0 spiro atoms. The number of methoxy groups -OCH3 is 1. The van der Waals surface area contributed by atoms with Gasteiger partial charge in [-0.05, 0) is 44.2 Å². The molecule has 2 aromatic rings. The fourth-order valence-electron chi connectivity index (χ4n) is 2.43. The molecule has 0 radical (unpaired) electrons. The maximum absolute atomic E-state index is 12.8. The molecule has 0 aliphatic heterocycles. The number of carbonyl (C=O) groups excluding carboxylic acids is 3. The number of esters is 1. The SMILES string of the molecule is CCNC(=O)NC(=O)COC(=O)c1ccc(OC)c(S(=O)(=O)Nc2ccc(C)cc2)c1. The number of anilines is 1. The highest BCUT2D eigenvalue weighted by molar-refractivity contribution is 7.92. The summed E-state index contributed by atoms with van der Waals surface area (Å²) in [5.74, 6) is -1.76. The van der Waals surface area contributed by atoms with Gasteiger partial charge in [-0.25, -0.2) is 18.0 Å². The lowest BCUT2D eigenvalue weighted by Gasteiger charge is -2.13. The Morgan fingerprint density at radius 1 is 1.03 bits per heavy atom. The van der Waals surface area contributed by atoms with Gasteiger partial charge in [-0.2, -0.15) is 0 Å². The lowest BCUT2D eigenvalue weighted by molar-refractivity contribution is -0.123. The number of rotatable bonds is 8. The zero-order chi connectivity index (χ0) is 23.0. The lowest BCUT2D eigenvalue weighted by Crippen LogP contribution is -2.41. The summed E-state index contributed by atoms with van der Waals surface area (Å²) in [5.41, 5.74) is 1.18. The quantitative estimate of drug-likeness (QED) is 0.522.